The fourth-order valence-electron chi connectivity index (χ4n) is 3.13. The highest BCUT2D eigenvalue weighted by Crippen LogP contribution is 2.51. The monoisotopic (exact) mass is 255 g/mol. The van der Waals surface area contributed by atoms with Crippen LogP contribution in [0.25, 0.3) is 0 Å². The molecule has 0 saturated heterocycles. The van der Waals surface area contributed by atoms with Crippen molar-refractivity contribution >= 4 is 0 Å². The van der Waals surface area contributed by atoms with E-state index in [1.807, 2.05) is 17.9 Å². The van der Waals surface area contributed by atoms with E-state index in [-0.39, 0.29) is 0 Å². The van der Waals surface area contributed by atoms with Crippen LogP contribution in [0.4, 0.5) is 0 Å². The van der Waals surface area contributed by atoms with Gasteiger partial charge in [0.1, 0.15) is 0 Å². The zero-order valence-corrected chi connectivity index (χ0v) is 11.6. The molecule has 0 amide bonds. The van der Waals surface area contributed by atoms with Crippen molar-refractivity contribution in [2.75, 3.05) is 7.05 Å². The van der Waals surface area contributed by atoms with Gasteiger partial charge in [-0.2, -0.15) is 5.10 Å². The van der Waals surface area contributed by atoms with Gasteiger partial charge in [-0.3, -0.25) is 4.68 Å². The Morgan fingerprint density at radius 1 is 1.32 bits per heavy atom. The van der Waals surface area contributed by atoms with E-state index < -0.39 is 0 Å². The second-order valence-electron chi connectivity index (χ2n) is 5.59. The first-order valence-corrected chi connectivity index (χ1v) is 6.95. The lowest BCUT2D eigenvalue weighted by atomic mass is 9.85. The lowest BCUT2D eigenvalue weighted by Crippen LogP contribution is -2.39. The fourth-order valence-corrected chi connectivity index (χ4v) is 3.13. The molecule has 1 saturated carbocycles. The van der Waals surface area contributed by atoms with Crippen LogP contribution in [0.1, 0.15) is 24.0 Å². The minimum atomic E-state index is 0.325. The number of aryl methyl sites for hydroxylation is 1. The van der Waals surface area contributed by atoms with Crippen LogP contribution in [-0.4, -0.2) is 22.9 Å². The van der Waals surface area contributed by atoms with Gasteiger partial charge >= 0.3 is 0 Å². The molecule has 1 aliphatic carbocycles. The molecule has 1 fully saturated rings. The lowest BCUT2D eigenvalue weighted by molar-refractivity contribution is 0.442. The summed E-state index contributed by atoms with van der Waals surface area (Å²) < 4.78 is 1.88. The molecule has 1 atom stereocenters. The number of hydrogen-bond acceptors (Lipinski definition) is 2. The number of likely N-dealkylation sites (N-methyl/N-ethyl adjacent to an activating group) is 1. The fraction of sp³-hybridized carbons (Fsp3) is 0.438. The van der Waals surface area contributed by atoms with Gasteiger partial charge in [-0.15, -0.1) is 0 Å². The van der Waals surface area contributed by atoms with Gasteiger partial charge in [-0.1, -0.05) is 30.3 Å². The van der Waals surface area contributed by atoms with Gasteiger partial charge in [0.25, 0.3) is 0 Å². The minimum Gasteiger partial charge on any atom is -0.316 e. The lowest BCUT2D eigenvalue weighted by Gasteiger charge is -2.27. The highest BCUT2D eigenvalue weighted by Gasteiger charge is 2.49. The van der Waals surface area contributed by atoms with Gasteiger partial charge in [0.2, 0.25) is 0 Å². The maximum absolute atomic E-state index is 4.27. The Kier molecular flexibility index (Phi) is 3.15. The number of rotatable bonds is 5. The number of nitrogens with zero attached hydrogens (tertiary/aromatic N) is 2. The first-order chi connectivity index (χ1) is 9.24. The normalized spacial score (nSPS) is 18.2. The molecule has 1 aromatic carbocycles. The molecule has 1 N–H and O–H groups in total. The smallest absolute Gasteiger partial charge is 0.0522 e. The van der Waals surface area contributed by atoms with Crippen LogP contribution >= 0.6 is 0 Å². The number of nitrogens with one attached hydrogen (secondary N) is 1. The molecule has 0 aliphatic heterocycles. The van der Waals surface area contributed by atoms with E-state index in [9.17, 15) is 0 Å². The average Bonchev–Trinajstić information content (AvgIpc) is 3.15. The summed E-state index contributed by atoms with van der Waals surface area (Å²) in [5, 5.41) is 7.79. The molecule has 1 unspecified atom stereocenters. The number of benzene rings is 1. The van der Waals surface area contributed by atoms with Crippen LogP contribution in [0.5, 0.6) is 0 Å². The molecule has 3 rings (SSSR count). The molecule has 0 radical (unpaired) electrons. The van der Waals surface area contributed by atoms with Gasteiger partial charge < -0.3 is 5.32 Å². The van der Waals surface area contributed by atoms with Crippen molar-refractivity contribution in [3.8, 4) is 0 Å². The molecule has 19 heavy (non-hydrogen) atoms. The molecule has 0 spiro atoms. The number of hydrogen-bond donors (Lipinski definition) is 1. The Morgan fingerprint density at radius 3 is 2.58 bits per heavy atom. The largest absolute Gasteiger partial charge is 0.316 e. The second kappa shape index (κ2) is 4.82. The standard InChI is InChI=1S/C16H21N3/c1-17-15(10-13-11-18-19(2)12-13)16(8-9-16)14-6-4-3-5-7-14/h3-7,11-12,15,17H,8-10H2,1-2H3. The molecule has 1 heterocycles. The van der Waals surface area contributed by atoms with Crippen LogP contribution < -0.4 is 5.32 Å². The summed E-state index contributed by atoms with van der Waals surface area (Å²) in [6.07, 6.45) is 7.70. The zero-order chi connectivity index (χ0) is 13.3. The van der Waals surface area contributed by atoms with E-state index in [1.165, 1.54) is 24.0 Å². The third kappa shape index (κ3) is 2.30. The van der Waals surface area contributed by atoms with Crippen LogP contribution in [0.2, 0.25) is 0 Å². The molecule has 100 valence electrons. The van der Waals surface area contributed by atoms with E-state index in [0.717, 1.165) is 6.42 Å². The maximum atomic E-state index is 4.27. The Balaban J connectivity index is 1.82. The first kappa shape index (κ1) is 12.4. The van der Waals surface area contributed by atoms with Crippen molar-refractivity contribution in [2.24, 2.45) is 7.05 Å². The van der Waals surface area contributed by atoms with E-state index in [2.05, 4.69) is 54.0 Å². The van der Waals surface area contributed by atoms with E-state index in [0.29, 0.717) is 11.5 Å². The van der Waals surface area contributed by atoms with E-state index in [4.69, 9.17) is 0 Å². The Labute approximate surface area is 114 Å². The quantitative estimate of drug-likeness (QED) is 0.888. The third-order valence-corrected chi connectivity index (χ3v) is 4.35. The summed E-state index contributed by atoms with van der Waals surface area (Å²) in [7, 11) is 4.05. The van der Waals surface area contributed by atoms with Crippen LogP contribution in [0.15, 0.2) is 42.7 Å². The van der Waals surface area contributed by atoms with E-state index in [1.54, 1.807) is 0 Å². The van der Waals surface area contributed by atoms with Crippen LogP contribution in [-0.2, 0) is 18.9 Å². The van der Waals surface area contributed by atoms with Crippen LogP contribution in [0.3, 0.4) is 0 Å². The first-order valence-electron chi connectivity index (χ1n) is 6.95. The summed E-state index contributed by atoms with van der Waals surface area (Å²) in [5.74, 6) is 0. The maximum Gasteiger partial charge on any atom is 0.0522 e. The third-order valence-electron chi connectivity index (χ3n) is 4.35. The molecule has 1 aliphatic rings. The average molecular weight is 255 g/mol. The van der Waals surface area contributed by atoms with Crippen LogP contribution in [0, 0.1) is 0 Å². The van der Waals surface area contributed by atoms with Crippen molar-refractivity contribution in [1.29, 1.82) is 0 Å². The van der Waals surface area contributed by atoms with Gasteiger partial charge in [0.15, 0.2) is 0 Å². The molecule has 3 heteroatoms. The van der Waals surface area contributed by atoms with Crippen molar-refractivity contribution in [3.05, 3.63) is 53.9 Å². The summed E-state index contributed by atoms with van der Waals surface area (Å²) in [6, 6.07) is 11.4. The summed E-state index contributed by atoms with van der Waals surface area (Å²) in [4.78, 5) is 0. The second-order valence-corrected chi connectivity index (χ2v) is 5.59. The minimum absolute atomic E-state index is 0.325. The predicted molar refractivity (Wildman–Crippen MR) is 77.1 cm³/mol. The Hall–Kier alpha value is -1.61. The predicted octanol–water partition coefficient (Wildman–Crippen LogP) is 2.28. The molecule has 0 bridgehead atoms. The Morgan fingerprint density at radius 2 is 2.05 bits per heavy atom. The SMILES string of the molecule is CNC(Cc1cnn(C)c1)C1(c2ccccc2)CC1. The molecule has 2 aromatic rings. The van der Waals surface area contributed by atoms with Gasteiger partial charge in [0, 0.05) is 24.7 Å². The van der Waals surface area contributed by atoms with Gasteiger partial charge in [-0.05, 0) is 37.4 Å². The molecule has 3 nitrogen and oxygen atoms in total. The molecular formula is C16H21N3. The van der Waals surface area contributed by atoms with Crippen molar-refractivity contribution in [1.82, 2.24) is 15.1 Å². The summed E-state index contributed by atoms with van der Waals surface area (Å²) in [5.41, 5.74) is 3.11. The molecular weight excluding hydrogens is 234 g/mol. The van der Waals surface area contributed by atoms with Crippen molar-refractivity contribution in [2.45, 2.75) is 30.7 Å². The highest BCUT2D eigenvalue weighted by molar-refractivity contribution is 5.34. The highest BCUT2D eigenvalue weighted by atomic mass is 15.2. The van der Waals surface area contributed by atoms with Gasteiger partial charge in [0.05, 0.1) is 6.20 Å². The summed E-state index contributed by atoms with van der Waals surface area (Å²) >= 11 is 0. The van der Waals surface area contributed by atoms with Crippen molar-refractivity contribution in [3.63, 3.8) is 0 Å². The van der Waals surface area contributed by atoms with Crippen molar-refractivity contribution < 1.29 is 0 Å². The zero-order valence-electron chi connectivity index (χ0n) is 11.6. The van der Waals surface area contributed by atoms with E-state index >= 15 is 0 Å². The topological polar surface area (TPSA) is 29.9 Å². The van der Waals surface area contributed by atoms with Gasteiger partial charge in [-0.25, -0.2) is 0 Å². The number of aromatic nitrogens is 2. The molecule has 1 aromatic heterocycles. The summed E-state index contributed by atoms with van der Waals surface area (Å²) in [6.45, 7) is 0. The Bertz CT molecular complexity index is 540.